The third-order valence-corrected chi connectivity index (χ3v) is 7.24. The van der Waals surface area contributed by atoms with Gasteiger partial charge in [0.15, 0.2) is 17.4 Å². The van der Waals surface area contributed by atoms with Gasteiger partial charge in [0.05, 0.1) is 11.3 Å². The van der Waals surface area contributed by atoms with Gasteiger partial charge in [0.2, 0.25) is 0 Å². The molecule has 0 bridgehead atoms. The van der Waals surface area contributed by atoms with Crippen LogP contribution in [0.4, 0.5) is 10.1 Å². The highest BCUT2D eigenvalue weighted by atomic mass is 32.2. The smallest absolute Gasteiger partial charge is 0.301 e. The lowest BCUT2D eigenvalue weighted by Crippen LogP contribution is -2.33. The molecule has 0 saturated carbocycles. The second-order valence-electron chi connectivity index (χ2n) is 8.05. The van der Waals surface area contributed by atoms with E-state index in [0.29, 0.717) is 35.5 Å². The van der Waals surface area contributed by atoms with Crippen molar-refractivity contribution in [1.82, 2.24) is 24.2 Å². The van der Waals surface area contributed by atoms with E-state index in [1.807, 2.05) is 6.92 Å². The van der Waals surface area contributed by atoms with Gasteiger partial charge in [-0.15, -0.1) is 0 Å². The normalized spacial score (nSPS) is 14.5. The van der Waals surface area contributed by atoms with Crippen molar-refractivity contribution in [3.63, 3.8) is 0 Å². The van der Waals surface area contributed by atoms with Crippen LogP contribution in [0.15, 0.2) is 48.9 Å². The number of halogens is 1. The predicted octanol–water partition coefficient (Wildman–Crippen LogP) is 3.45. The number of carbonyl (C=O) groups excluding carboxylic acids is 1. The molecule has 174 valence electrons. The lowest BCUT2D eigenvalue weighted by molar-refractivity contribution is 0.103. The number of nitrogens with zero attached hydrogens (tertiary/aromatic N) is 4. The number of hydrogen-bond acceptors (Lipinski definition) is 6. The molecule has 4 aromatic rings. The molecule has 1 aromatic carbocycles. The Morgan fingerprint density at radius 3 is 2.71 bits per heavy atom. The number of anilines is 1. The molecule has 0 atom stereocenters. The molecule has 0 amide bonds. The summed E-state index contributed by atoms with van der Waals surface area (Å²) in [5.74, 6) is -1.08. The van der Waals surface area contributed by atoms with Gasteiger partial charge in [-0.3, -0.25) is 9.52 Å². The highest BCUT2D eigenvalue weighted by Gasteiger charge is 2.27. The lowest BCUT2D eigenvalue weighted by atomic mass is 10.0. The summed E-state index contributed by atoms with van der Waals surface area (Å²) in [5.41, 5.74) is 1.52. The Balaban J connectivity index is 1.50. The maximum atomic E-state index is 15.3. The van der Waals surface area contributed by atoms with Gasteiger partial charge in [-0.1, -0.05) is 6.07 Å². The first-order valence-electron chi connectivity index (χ1n) is 10.7. The van der Waals surface area contributed by atoms with Crippen molar-refractivity contribution in [2.75, 3.05) is 17.8 Å². The number of fused-ring (bicyclic) bond motifs is 1. The van der Waals surface area contributed by atoms with Crippen LogP contribution in [0.25, 0.3) is 22.4 Å². The van der Waals surface area contributed by atoms with E-state index in [0.717, 1.165) is 18.5 Å². The van der Waals surface area contributed by atoms with Crippen LogP contribution in [0.2, 0.25) is 0 Å². The molecular weight excluding hydrogens is 459 g/mol. The van der Waals surface area contributed by atoms with Gasteiger partial charge >= 0.3 is 10.2 Å². The summed E-state index contributed by atoms with van der Waals surface area (Å²) < 4.78 is 44.0. The fraction of sp³-hybridized carbons (Fsp3) is 0.217. The molecule has 9 nitrogen and oxygen atoms in total. The van der Waals surface area contributed by atoms with Crippen LogP contribution >= 0.6 is 0 Å². The SMILES string of the molecule is Cc1ccnc(-c2cnc3[nH]cc(C(=O)c4cccc(NS(=O)(=O)N5CCCC5)c4F)c3c2)n1. The van der Waals surface area contributed by atoms with Crippen molar-refractivity contribution in [1.29, 1.82) is 0 Å². The summed E-state index contributed by atoms with van der Waals surface area (Å²) >= 11 is 0. The van der Waals surface area contributed by atoms with Crippen LogP contribution in [-0.4, -0.2) is 51.5 Å². The van der Waals surface area contributed by atoms with Crippen molar-refractivity contribution in [3.05, 3.63) is 71.6 Å². The molecule has 0 spiro atoms. The molecule has 3 aromatic heterocycles. The standard InChI is InChI=1S/C23H21FN6O3S/c1-14-7-8-25-22(28-14)15-11-17-18(13-27-23(17)26-12-15)21(31)16-5-4-6-19(20(16)24)29-34(32,33)30-9-2-3-10-30/h4-8,11-13,29H,2-3,9-10H2,1H3,(H,26,27). The number of carbonyl (C=O) groups is 1. The van der Waals surface area contributed by atoms with Gasteiger partial charge in [0.25, 0.3) is 0 Å². The fourth-order valence-electron chi connectivity index (χ4n) is 3.96. The zero-order chi connectivity index (χ0) is 23.9. The first kappa shape index (κ1) is 22.1. The molecule has 11 heteroatoms. The van der Waals surface area contributed by atoms with Crippen molar-refractivity contribution in [2.24, 2.45) is 0 Å². The number of aromatic nitrogens is 4. The fourth-order valence-corrected chi connectivity index (χ4v) is 5.27. The molecule has 1 aliphatic heterocycles. The Kier molecular flexibility index (Phi) is 5.58. The zero-order valence-corrected chi connectivity index (χ0v) is 19.1. The number of rotatable bonds is 6. The van der Waals surface area contributed by atoms with E-state index in [-0.39, 0.29) is 16.8 Å². The van der Waals surface area contributed by atoms with Gasteiger partial charge < -0.3 is 4.98 Å². The molecule has 0 unspecified atom stereocenters. The largest absolute Gasteiger partial charge is 0.345 e. The van der Waals surface area contributed by atoms with Gasteiger partial charge in [0, 0.05) is 53.9 Å². The van der Waals surface area contributed by atoms with Gasteiger partial charge in [-0.2, -0.15) is 12.7 Å². The Morgan fingerprint density at radius 1 is 1.15 bits per heavy atom. The molecule has 34 heavy (non-hydrogen) atoms. The number of nitrogens with one attached hydrogen (secondary N) is 2. The van der Waals surface area contributed by atoms with Gasteiger partial charge in [-0.05, 0) is 44.0 Å². The summed E-state index contributed by atoms with van der Waals surface area (Å²) in [6.45, 7) is 2.60. The van der Waals surface area contributed by atoms with Crippen LogP contribution < -0.4 is 4.72 Å². The summed E-state index contributed by atoms with van der Waals surface area (Å²) in [6.07, 6.45) is 6.20. The third-order valence-electron chi connectivity index (χ3n) is 5.72. The van der Waals surface area contributed by atoms with Crippen LogP contribution in [0.5, 0.6) is 0 Å². The topological polar surface area (TPSA) is 121 Å². The van der Waals surface area contributed by atoms with E-state index < -0.39 is 21.8 Å². The van der Waals surface area contributed by atoms with Crippen molar-refractivity contribution < 1.29 is 17.6 Å². The van der Waals surface area contributed by atoms with E-state index in [9.17, 15) is 13.2 Å². The maximum Gasteiger partial charge on any atom is 0.301 e. The van der Waals surface area contributed by atoms with Gasteiger partial charge in [-0.25, -0.2) is 19.3 Å². The van der Waals surface area contributed by atoms with Crippen LogP contribution in [0.3, 0.4) is 0 Å². The van der Waals surface area contributed by atoms with Crippen molar-refractivity contribution in [2.45, 2.75) is 19.8 Å². The summed E-state index contributed by atoms with van der Waals surface area (Å²) in [7, 11) is -3.90. The predicted molar refractivity (Wildman–Crippen MR) is 125 cm³/mol. The van der Waals surface area contributed by atoms with E-state index in [4.69, 9.17) is 0 Å². The zero-order valence-electron chi connectivity index (χ0n) is 18.2. The highest BCUT2D eigenvalue weighted by Crippen LogP contribution is 2.28. The number of aryl methyl sites for hydroxylation is 1. The molecule has 1 saturated heterocycles. The molecular formula is C23H21FN6O3S. The quantitative estimate of drug-likeness (QED) is 0.408. The first-order chi connectivity index (χ1) is 16.3. The molecule has 1 fully saturated rings. The lowest BCUT2D eigenvalue weighted by Gasteiger charge is -2.17. The summed E-state index contributed by atoms with van der Waals surface area (Å²) in [5, 5.41) is 0.482. The van der Waals surface area contributed by atoms with Crippen LogP contribution in [0.1, 0.15) is 34.5 Å². The summed E-state index contributed by atoms with van der Waals surface area (Å²) in [6, 6.07) is 7.55. The number of benzene rings is 1. The minimum absolute atomic E-state index is 0.204. The van der Waals surface area contributed by atoms with Gasteiger partial charge in [0.1, 0.15) is 5.65 Å². The average Bonchev–Trinajstić information content (AvgIpc) is 3.50. The van der Waals surface area contributed by atoms with Crippen molar-refractivity contribution >= 4 is 32.7 Å². The van der Waals surface area contributed by atoms with E-state index in [2.05, 4.69) is 24.7 Å². The highest BCUT2D eigenvalue weighted by molar-refractivity contribution is 7.90. The number of pyridine rings is 1. The number of ketones is 1. The average molecular weight is 481 g/mol. The number of H-pyrrole nitrogens is 1. The monoisotopic (exact) mass is 480 g/mol. The molecule has 0 aliphatic carbocycles. The van der Waals surface area contributed by atoms with Crippen molar-refractivity contribution in [3.8, 4) is 11.4 Å². The number of hydrogen-bond donors (Lipinski definition) is 2. The first-order valence-corrected chi connectivity index (χ1v) is 12.2. The third kappa shape index (κ3) is 4.03. The van der Waals surface area contributed by atoms with E-state index >= 15 is 4.39 Å². The molecule has 1 aliphatic rings. The molecule has 2 N–H and O–H groups in total. The van der Waals surface area contributed by atoms with E-state index in [1.54, 1.807) is 24.5 Å². The minimum Gasteiger partial charge on any atom is -0.345 e. The Morgan fingerprint density at radius 2 is 1.94 bits per heavy atom. The maximum absolute atomic E-state index is 15.3. The Bertz CT molecular complexity index is 1510. The summed E-state index contributed by atoms with van der Waals surface area (Å²) in [4.78, 5) is 29.2. The number of aromatic amines is 1. The Hall–Kier alpha value is -3.70. The van der Waals surface area contributed by atoms with Crippen LogP contribution in [0, 0.1) is 12.7 Å². The molecule has 5 rings (SSSR count). The Labute approximate surface area is 195 Å². The molecule has 0 radical (unpaired) electrons. The second kappa shape index (κ2) is 8.58. The molecule has 4 heterocycles. The van der Waals surface area contributed by atoms with E-state index in [1.165, 1.54) is 28.7 Å². The second-order valence-corrected chi connectivity index (χ2v) is 9.72. The minimum atomic E-state index is -3.90. The van der Waals surface area contributed by atoms with Crippen LogP contribution in [-0.2, 0) is 10.2 Å².